The summed E-state index contributed by atoms with van der Waals surface area (Å²) in [6, 6.07) is 8.78. The van der Waals surface area contributed by atoms with Crippen molar-refractivity contribution in [3.63, 3.8) is 0 Å². The fourth-order valence-corrected chi connectivity index (χ4v) is 3.32. The second kappa shape index (κ2) is 7.03. The Labute approximate surface area is 156 Å². The summed E-state index contributed by atoms with van der Waals surface area (Å²) in [4.78, 5) is 0. The number of anilines is 1. The van der Waals surface area contributed by atoms with Crippen molar-refractivity contribution in [1.82, 2.24) is 5.32 Å². The summed E-state index contributed by atoms with van der Waals surface area (Å²) in [5, 5.41) is 5.36. The lowest BCUT2D eigenvalue weighted by atomic mass is 10.1. The summed E-state index contributed by atoms with van der Waals surface area (Å²) in [6.45, 7) is 0. The zero-order chi connectivity index (χ0) is 19.8. The molecule has 0 bridgehead atoms. The molecule has 0 saturated carbocycles. The topological polar surface area (TPSA) is 24.1 Å². The van der Waals surface area contributed by atoms with Gasteiger partial charge in [-0.25, -0.2) is 0 Å². The highest BCUT2D eigenvalue weighted by molar-refractivity contribution is 7.80. The van der Waals surface area contributed by atoms with Crippen LogP contribution in [0, 0.1) is 0 Å². The summed E-state index contributed by atoms with van der Waals surface area (Å²) in [5.41, 5.74) is -1.01. The van der Waals surface area contributed by atoms with E-state index < -0.39 is 23.5 Å². The number of benzene rings is 2. The Morgan fingerprint density at radius 2 is 1.52 bits per heavy atom. The quantitative estimate of drug-likeness (QED) is 0.496. The van der Waals surface area contributed by atoms with E-state index in [1.54, 1.807) is 0 Å². The summed E-state index contributed by atoms with van der Waals surface area (Å²) >= 11 is 5.09. The van der Waals surface area contributed by atoms with Crippen LogP contribution < -0.4 is 10.6 Å². The molecule has 144 valence electrons. The van der Waals surface area contributed by atoms with Gasteiger partial charge in [-0.15, -0.1) is 0 Å². The van der Waals surface area contributed by atoms with E-state index >= 15 is 0 Å². The van der Waals surface area contributed by atoms with Crippen LogP contribution in [0.25, 0.3) is 0 Å². The number of halogens is 6. The highest BCUT2D eigenvalue weighted by atomic mass is 32.1. The zero-order valence-electron chi connectivity index (χ0n) is 13.7. The average Bonchev–Trinajstić information content (AvgIpc) is 2.96. The lowest BCUT2D eigenvalue weighted by molar-refractivity contribution is -0.143. The van der Waals surface area contributed by atoms with Crippen LogP contribution in [0.1, 0.15) is 34.7 Å². The van der Waals surface area contributed by atoms with Gasteiger partial charge in [-0.2, -0.15) is 26.3 Å². The van der Waals surface area contributed by atoms with Gasteiger partial charge < -0.3 is 10.6 Å². The SMILES string of the molecule is FC(F)(F)c1cc(NC(=S)N[C@H]2CCc3ccccc32)cc(C(F)(F)F)c1. The van der Waals surface area contributed by atoms with Gasteiger partial charge in [0.2, 0.25) is 0 Å². The first kappa shape index (κ1) is 19.5. The Bertz CT molecular complexity index is 827. The lowest BCUT2D eigenvalue weighted by Gasteiger charge is -2.19. The molecular formula is C18H14F6N2S. The van der Waals surface area contributed by atoms with Crippen molar-refractivity contribution in [2.75, 3.05) is 5.32 Å². The molecule has 1 aliphatic carbocycles. The minimum Gasteiger partial charge on any atom is -0.356 e. The summed E-state index contributed by atoms with van der Waals surface area (Å²) in [5.74, 6) is 0. The van der Waals surface area contributed by atoms with Crippen molar-refractivity contribution < 1.29 is 26.3 Å². The Kier molecular flexibility index (Phi) is 5.07. The molecule has 1 atom stereocenters. The molecule has 2 nitrogen and oxygen atoms in total. The van der Waals surface area contributed by atoms with Gasteiger partial charge >= 0.3 is 12.4 Å². The van der Waals surface area contributed by atoms with E-state index in [0.717, 1.165) is 24.0 Å². The molecule has 0 saturated heterocycles. The number of hydrogen-bond acceptors (Lipinski definition) is 1. The van der Waals surface area contributed by atoms with Crippen LogP contribution in [0.3, 0.4) is 0 Å². The monoisotopic (exact) mass is 404 g/mol. The maximum absolute atomic E-state index is 12.9. The predicted octanol–water partition coefficient (Wildman–Crippen LogP) is 5.70. The standard InChI is InChI=1S/C18H14F6N2S/c19-17(20,21)11-7-12(18(22,23)24)9-13(8-11)25-16(27)26-15-6-5-10-3-1-2-4-14(10)15/h1-4,7-9,15H,5-6H2,(H2,25,26,27)/t15-/m0/s1. The number of alkyl halides is 6. The first-order valence-electron chi connectivity index (χ1n) is 7.99. The molecule has 0 aromatic heterocycles. The van der Waals surface area contributed by atoms with Gasteiger partial charge in [0.25, 0.3) is 0 Å². The molecule has 2 N–H and O–H groups in total. The van der Waals surface area contributed by atoms with E-state index in [9.17, 15) is 26.3 Å². The number of fused-ring (bicyclic) bond motifs is 1. The van der Waals surface area contributed by atoms with Gasteiger partial charge in [0, 0.05) is 5.69 Å². The van der Waals surface area contributed by atoms with Gasteiger partial charge in [0.1, 0.15) is 0 Å². The Balaban J connectivity index is 1.80. The second-order valence-corrected chi connectivity index (χ2v) is 6.59. The number of hydrogen-bond donors (Lipinski definition) is 2. The summed E-state index contributed by atoms with van der Waals surface area (Å²) in [6.07, 6.45) is -8.26. The molecule has 0 fully saturated rings. The van der Waals surface area contributed by atoms with Crippen molar-refractivity contribution in [2.45, 2.75) is 31.2 Å². The van der Waals surface area contributed by atoms with Crippen LogP contribution in [0.2, 0.25) is 0 Å². The average molecular weight is 404 g/mol. The van der Waals surface area contributed by atoms with E-state index in [-0.39, 0.29) is 22.9 Å². The van der Waals surface area contributed by atoms with E-state index in [1.807, 2.05) is 24.3 Å². The minimum absolute atomic E-state index is 0.0378. The number of aryl methyl sites for hydroxylation is 1. The molecular weight excluding hydrogens is 390 g/mol. The number of nitrogens with one attached hydrogen (secondary N) is 2. The summed E-state index contributed by atoms with van der Waals surface area (Å²) in [7, 11) is 0. The summed E-state index contributed by atoms with van der Waals surface area (Å²) < 4.78 is 77.5. The zero-order valence-corrected chi connectivity index (χ0v) is 14.5. The lowest BCUT2D eigenvalue weighted by Crippen LogP contribution is -2.31. The molecule has 3 rings (SSSR count). The highest BCUT2D eigenvalue weighted by Crippen LogP contribution is 2.37. The maximum Gasteiger partial charge on any atom is 0.416 e. The first-order valence-corrected chi connectivity index (χ1v) is 8.39. The molecule has 27 heavy (non-hydrogen) atoms. The third kappa shape index (κ3) is 4.52. The van der Waals surface area contributed by atoms with Crippen LogP contribution in [0.15, 0.2) is 42.5 Å². The minimum atomic E-state index is -4.91. The third-order valence-electron chi connectivity index (χ3n) is 4.28. The van der Waals surface area contributed by atoms with E-state index in [4.69, 9.17) is 12.2 Å². The van der Waals surface area contributed by atoms with Crippen LogP contribution in [0.5, 0.6) is 0 Å². The molecule has 9 heteroatoms. The smallest absolute Gasteiger partial charge is 0.356 e. The molecule has 1 aliphatic rings. The number of rotatable bonds is 2. The highest BCUT2D eigenvalue weighted by Gasteiger charge is 2.37. The molecule has 0 heterocycles. The normalized spacial score (nSPS) is 16.7. The second-order valence-electron chi connectivity index (χ2n) is 6.18. The van der Waals surface area contributed by atoms with Crippen LogP contribution in [0.4, 0.5) is 32.0 Å². The van der Waals surface area contributed by atoms with Crippen molar-refractivity contribution in [1.29, 1.82) is 0 Å². The predicted molar refractivity (Wildman–Crippen MR) is 93.3 cm³/mol. The molecule has 0 spiro atoms. The molecule has 0 radical (unpaired) electrons. The van der Waals surface area contributed by atoms with Gasteiger partial charge in [0.05, 0.1) is 17.2 Å². The van der Waals surface area contributed by atoms with E-state index in [2.05, 4.69) is 10.6 Å². The van der Waals surface area contributed by atoms with Crippen molar-refractivity contribution in [3.8, 4) is 0 Å². The molecule has 0 aliphatic heterocycles. The fraction of sp³-hybridized carbons (Fsp3) is 0.278. The van der Waals surface area contributed by atoms with Gasteiger partial charge in [-0.05, 0) is 54.4 Å². The maximum atomic E-state index is 12.9. The van der Waals surface area contributed by atoms with Crippen LogP contribution >= 0.6 is 12.2 Å². The van der Waals surface area contributed by atoms with Gasteiger partial charge in [-0.1, -0.05) is 24.3 Å². The van der Waals surface area contributed by atoms with Crippen molar-refractivity contribution in [3.05, 3.63) is 64.7 Å². The molecule has 2 aromatic carbocycles. The van der Waals surface area contributed by atoms with Gasteiger partial charge in [0.15, 0.2) is 5.11 Å². The molecule has 0 unspecified atom stereocenters. The Morgan fingerprint density at radius 3 is 2.11 bits per heavy atom. The third-order valence-corrected chi connectivity index (χ3v) is 4.50. The van der Waals surface area contributed by atoms with Crippen LogP contribution in [-0.2, 0) is 18.8 Å². The Hall–Kier alpha value is -2.29. The molecule has 2 aromatic rings. The fourth-order valence-electron chi connectivity index (χ4n) is 3.06. The largest absolute Gasteiger partial charge is 0.416 e. The van der Waals surface area contributed by atoms with Crippen molar-refractivity contribution >= 4 is 23.0 Å². The van der Waals surface area contributed by atoms with Gasteiger partial charge in [-0.3, -0.25) is 0 Å². The van der Waals surface area contributed by atoms with E-state index in [1.165, 1.54) is 0 Å². The molecule has 0 amide bonds. The van der Waals surface area contributed by atoms with Crippen molar-refractivity contribution in [2.24, 2.45) is 0 Å². The number of thiocarbonyl (C=S) groups is 1. The van der Waals surface area contributed by atoms with Crippen LogP contribution in [-0.4, -0.2) is 5.11 Å². The Morgan fingerprint density at radius 1 is 0.926 bits per heavy atom. The first-order chi connectivity index (χ1) is 12.5. The van der Waals surface area contributed by atoms with E-state index in [0.29, 0.717) is 12.1 Å².